The topological polar surface area (TPSA) is 41.5 Å². The summed E-state index contributed by atoms with van der Waals surface area (Å²) in [6, 6.07) is 0.612. The van der Waals surface area contributed by atoms with E-state index in [-0.39, 0.29) is 6.10 Å². The molecule has 1 aliphatic carbocycles. The molecule has 3 nitrogen and oxygen atoms in total. The van der Waals surface area contributed by atoms with Gasteiger partial charge in [-0.2, -0.15) is 0 Å². The van der Waals surface area contributed by atoms with Crippen LogP contribution in [0.1, 0.15) is 84.0 Å². The van der Waals surface area contributed by atoms with Crippen LogP contribution in [0.25, 0.3) is 0 Å². The Labute approximate surface area is 131 Å². The summed E-state index contributed by atoms with van der Waals surface area (Å²) in [5, 5.41) is 13.4. The van der Waals surface area contributed by atoms with Gasteiger partial charge in [-0.15, -0.1) is 0 Å². The largest absolute Gasteiger partial charge is 0.389 e. The second-order valence-corrected chi connectivity index (χ2v) is 6.59. The van der Waals surface area contributed by atoms with Gasteiger partial charge in [0.2, 0.25) is 0 Å². The maximum Gasteiger partial charge on any atom is 0.0897 e. The van der Waals surface area contributed by atoms with E-state index in [0.717, 1.165) is 13.0 Å². The van der Waals surface area contributed by atoms with Crippen LogP contribution in [-0.2, 0) is 4.74 Å². The lowest BCUT2D eigenvalue weighted by molar-refractivity contribution is 0.0338. The zero-order chi connectivity index (χ0) is 15.2. The van der Waals surface area contributed by atoms with Crippen molar-refractivity contribution in [2.45, 2.75) is 96.1 Å². The summed E-state index contributed by atoms with van der Waals surface area (Å²) in [6.45, 7) is 4.20. The summed E-state index contributed by atoms with van der Waals surface area (Å²) in [4.78, 5) is 0. The first-order chi connectivity index (χ1) is 10.3. The fourth-order valence-corrected chi connectivity index (χ4v) is 3.05. The molecule has 0 amide bonds. The van der Waals surface area contributed by atoms with Crippen LogP contribution in [0.2, 0.25) is 0 Å². The SMILES string of the molecule is CCCCCCCCOCC(O)CNC1CCCCCC1. The standard InChI is InChI=1S/C18H37NO2/c1-2-3-4-5-8-11-14-21-16-18(20)15-19-17-12-9-6-7-10-13-17/h17-20H,2-16H2,1H3. The van der Waals surface area contributed by atoms with Crippen molar-refractivity contribution in [1.82, 2.24) is 5.32 Å². The number of aliphatic hydroxyl groups is 1. The van der Waals surface area contributed by atoms with Crippen molar-refractivity contribution >= 4 is 0 Å². The summed E-state index contributed by atoms with van der Waals surface area (Å²) < 4.78 is 5.58. The Balaban J connectivity index is 1.87. The van der Waals surface area contributed by atoms with E-state index in [2.05, 4.69) is 12.2 Å². The Morgan fingerprint density at radius 2 is 1.67 bits per heavy atom. The Morgan fingerprint density at radius 3 is 2.38 bits per heavy atom. The molecule has 0 aromatic carbocycles. The molecular weight excluding hydrogens is 262 g/mol. The summed E-state index contributed by atoms with van der Waals surface area (Å²) in [5.41, 5.74) is 0. The summed E-state index contributed by atoms with van der Waals surface area (Å²) >= 11 is 0. The molecule has 0 aromatic heterocycles. The molecule has 0 aromatic rings. The van der Waals surface area contributed by atoms with Crippen LogP contribution in [0, 0.1) is 0 Å². The smallest absolute Gasteiger partial charge is 0.0897 e. The van der Waals surface area contributed by atoms with Crippen LogP contribution in [0.5, 0.6) is 0 Å². The molecule has 0 radical (unpaired) electrons. The molecule has 0 aliphatic heterocycles. The number of rotatable bonds is 12. The number of ether oxygens (including phenoxy) is 1. The molecule has 1 saturated carbocycles. The van der Waals surface area contributed by atoms with Gasteiger partial charge in [0.15, 0.2) is 0 Å². The highest BCUT2D eigenvalue weighted by molar-refractivity contribution is 4.72. The van der Waals surface area contributed by atoms with E-state index in [0.29, 0.717) is 19.2 Å². The van der Waals surface area contributed by atoms with Crippen molar-refractivity contribution in [2.75, 3.05) is 19.8 Å². The molecule has 21 heavy (non-hydrogen) atoms. The van der Waals surface area contributed by atoms with Gasteiger partial charge < -0.3 is 15.2 Å². The first kappa shape index (κ1) is 18.9. The fraction of sp³-hybridized carbons (Fsp3) is 1.00. The molecular formula is C18H37NO2. The Bertz CT molecular complexity index is 215. The van der Waals surface area contributed by atoms with Crippen molar-refractivity contribution < 1.29 is 9.84 Å². The third kappa shape index (κ3) is 11.1. The normalized spacial score (nSPS) is 18.6. The molecule has 126 valence electrons. The van der Waals surface area contributed by atoms with Crippen molar-refractivity contribution in [1.29, 1.82) is 0 Å². The van der Waals surface area contributed by atoms with Crippen molar-refractivity contribution in [3.8, 4) is 0 Å². The van der Waals surface area contributed by atoms with Crippen molar-refractivity contribution in [3.05, 3.63) is 0 Å². The molecule has 1 atom stereocenters. The second-order valence-electron chi connectivity index (χ2n) is 6.59. The first-order valence-electron chi connectivity index (χ1n) is 9.32. The number of nitrogens with one attached hydrogen (secondary N) is 1. The van der Waals surface area contributed by atoms with Crippen LogP contribution in [0.4, 0.5) is 0 Å². The zero-order valence-corrected chi connectivity index (χ0v) is 14.1. The summed E-state index contributed by atoms with van der Waals surface area (Å²) in [6.07, 6.45) is 15.3. The highest BCUT2D eigenvalue weighted by atomic mass is 16.5. The Morgan fingerprint density at radius 1 is 1.00 bits per heavy atom. The van der Waals surface area contributed by atoms with Crippen LogP contribution in [-0.4, -0.2) is 37.0 Å². The fourth-order valence-electron chi connectivity index (χ4n) is 3.05. The van der Waals surface area contributed by atoms with Gasteiger partial charge in [-0.05, 0) is 19.3 Å². The highest BCUT2D eigenvalue weighted by Gasteiger charge is 2.13. The average Bonchev–Trinajstić information content (AvgIpc) is 2.76. The van der Waals surface area contributed by atoms with Gasteiger partial charge in [-0.25, -0.2) is 0 Å². The van der Waals surface area contributed by atoms with Gasteiger partial charge in [-0.1, -0.05) is 64.7 Å². The molecule has 0 spiro atoms. The minimum absolute atomic E-state index is 0.353. The second kappa shape index (κ2) is 13.5. The van der Waals surface area contributed by atoms with Gasteiger partial charge in [0.05, 0.1) is 12.7 Å². The van der Waals surface area contributed by atoms with E-state index in [9.17, 15) is 5.11 Å². The lowest BCUT2D eigenvalue weighted by atomic mass is 10.1. The molecule has 2 N–H and O–H groups in total. The molecule has 3 heteroatoms. The van der Waals surface area contributed by atoms with Gasteiger partial charge in [0.1, 0.15) is 0 Å². The Hall–Kier alpha value is -0.120. The quantitative estimate of drug-likeness (QED) is 0.422. The van der Waals surface area contributed by atoms with E-state index in [1.807, 2.05) is 0 Å². The van der Waals surface area contributed by atoms with Crippen LogP contribution < -0.4 is 5.32 Å². The summed E-state index contributed by atoms with van der Waals surface area (Å²) in [7, 11) is 0. The molecule has 1 unspecified atom stereocenters. The van der Waals surface area contributed by atoms with Crippen molar-refractivity contribution in [3.63, 3.8) is 0 Å². The maximum absolute atomic E-state index is 9.94. The molecule has 0 heterocycles. The van der Waals surface area contributed by atoms with E-state index in [1.54, 1.807) is 0 Å². The van der Waals surface area contributed by atoms with Crippen LogP contribution >= 0.6 is 0 Å². The van der Waals surface area contributed by atoms with Gasteiger partial charge in [0, 0.05) is 19.2 Å². The van der Waals surface area contributed by atoms with Crippen LogP contribution in [0.3, 0.4) is 0 Å². The van der Waals surface area contributed by atoms with E-state index < -0.39 is 0 Å². The van der Waals surface area contributed by atoms with Gasteiger partial charge in [-0.3, -0.25) is 0 Å². The molecule has 1 fully saturated rings. The van der Waals surface area contributed by atoms with E-state index >= 15 is 0 Å². The Kier molecular flexibility index (Phi) is 12.2. The minimum Gasteiger partial charge on any atom is -0.389 e. The summed E-state index contributed by atoms with van der Waals surface area (Å²) in [5.74, 6) is 0. The molecule has 0 saturated heterocycles. The first-order valence-corrected chi connectivity index (χ1v) is 9.32. The predicted molar refractivity (Wildman–Crippen MR) is 89.7 cm³/mol. The molecule has 1 rings (SSSR count). The zero-order valence-electron chi connectivity index (χ0n) is 14.1. The van der Waals surface area contributed by atoms with Crippen molar-refractivity contribution in [2.24, 2.45) is 0 Å². The van der Waals surface area contributed by atoms with Gasteiger partial charge >= 0.3 is 0 Å². The lowest BCUT2D eigenvalue weighted by Gasteiger charge is -2.19. The van der Waals surface area contributed by atoms with E-state index in [1.165, 1.54) is 70.6 Å². The molecule has 0 bridgehead atoms. The third-order valence-corrected chi connectivity index (χ3v) is 4.45. The number of unbranched alkanes of at least 4 members (excludes halogenated alkanes) is 5. The van der Waals surface area contributed by atoms with Gasteiger partial charge in [0.25, 0.3) is 0 Å². The third-order valence-electron chi connectivity index (χ3n) is 4.45. The average molecular weight is 299 g/mol. The monoisotopic (exact) mass is 299 g/mol. The maximum atomic E-state index is 9.94. The number of hydrogen-bond acceptors (Lipinski definition) is 3. The predicted octanol–water partition coefficient (Wildman–Crippen LogP) is 4.04. The number of hydrogen-bond donors (Lipinski definition) is 2. The highest BCUT2D eigenvalue weighted by Crippen LogP contribution is 2.17. The number of aliphatic hydroxyl groups excluding tert-OH is 1. The lowest BCUT2D eigenvalue weighted by Crippen LogP contribution is -2.37. The van der Waals surface area contributed by atoms with E-state index in [4.69, 9.17) is 4.74 Å². The molecule has 1 aliphatic rings. The minimum atomic E-state index is -0.353. The van der Waals surface area contributed by atoms with Crippen LogP contribution in [0.15, 0.2) is 0 Å².